The first kappa shape index (κ1) is 21.2. The zero-order valence-corrected chi connectivity index (χ0v) is 16.8. The lowest BCUT2D eigenvalue weighted by Crippen LogP contribution is -2.34. The molecule has 0 spiro atoms. The van der Waals surface area contributed by atoms with Gasteiger partial charge in [0.05, 0.1) is 31.5 Å². The third-order valence-corrected chi connectivity index (χ3v) is 5.35. The average Bonchev–Trinajstić information content (AvgIpc) is 3.16. The third-order valence-electron chi connectivity index (χ3n) is 5.35. The van der Waals surface area contributed by atoms with Crippen molar-refractivity contribution in [2.45, 2.75) is 38.1 Å². The molecule has 4 rings (SSSR count). The van der Waals surface area contributed by atoms with Crippen molar-refractivity contribution in [3.05, 3.63) is 92.8 Å². The SMILES string of the molecule is O=c1[nH]c(=O)n([C@@H]2CC(O)[C@H](CO)O2)cc1COCc1ccccc1-c1ccccc1. The highest BCUT2D eigenvalue weighted by Crippen LogP contribution is 2.27. The molecule has 1 aliphatic rings. The highest BCUT2D eigenvalue weighted by Gasteiger charge is 2.35. The molecule has 1 fully saturated rings. The number of aromatic nitrogens is 2. The summed E-state index contributed by atoms with van der Waals surface area (Å²) in [6.45, 7) is -0.0706. The Morgan fingerprint density at radius 3 is 2.48 bits per heavy atom. The molecular formula is C23H24N2O6. The number of aliphatic hydroxyl groups excluding tert-OH is 2. The quantitative estimate of drug-likeness (QED) is 0.531. The number of nitrogens with one attached hydrogen (secondary N) is 1. The number of hydrogen-bond acceptors (Lipinski definition) is 6. The summed E-state index contributed by atoms with van der Waals surface area (Å²) < 4.78 is 12.5. The molecule has 162 valence electrons. The predicted molar refractivity (Wildman–Crippen MR) is 113 cm³/mol. The lowest BCUT2D eigenvalue weighted by Gasteiger charge is -2.15. The maximum atomic E-state index is 12.2. The van der Waals surface area contributed by atoms with E-state index in [0.717, 1.165) is 16.7 Å². The van der Waals surface area contributed by atoms with Gasteiger partial charge in [-0.15, -0.1) is 0 Å². The van der Waals surface area contributed by atoms with Gasteiger partial charge in [-0.1, -0.05) is 54.6 Å². The number of nitrogens with zero attached hydrogens (tertiary/aromatic N) is 1. The number of benzene rings is 2. The first-order valence-electron chi connectivity index (χ1n) is 10.1. The maximum absolute atomic E-state index is 12.2. The van der Waals surface area contributed by atoms with Crippen molar-refractivity contribution < 1.29 is 19.7 Å². The van der Waals surface area contributed by atoms with Crippen molar-refractivity contribution in [1.29, 1.82) is 0 Å². The fraction of sp³-hybridized carbons (Fsp3) is 0.304. The molecule has 1 unspecified atom stereocenters. The van der Waals surface area contributed by atoms with E-state index in [2.05, 4.69) is 4.98 Å². The monoisotopic (exact) mass is 424 g/mol. The Morgan fingerprint density at radius 1 is 1.03 bits per heavy atom. The van der Waals surface area contributed by atoms with E-state index in [1.807, 2.05) is 54.6 Å². The minimum absolute atomic E-state index is 0.00254. The van der Waals surface area contributed by atoms with Crippen molar-refractivity contribution in [2.75, 3.05) is 6.61 Å². The molecule has 0 amide bonds. The summed E-state index contributed by atoms with van der Waals surface area (Å²) >= 11 is 0. The van der Waals surface area contributed by atoms with Crippen LogP contribution in [0.3, 0.4) is 0 Å². The van der Waals surface area contributed by atoms with E-state index in [4.69, 9.17) is 9.47 Å². The minimum Gasteiger partial charge on any atom is -0.394 e. The van der Waals surface area contributed by atoms with Gasteiger partial charge in [0.25, 0.3) is 5.56 Å². The summed E-state index contributed by atoms with van der Waals surface area (Å²) in [6, 6.07) is 17.8. The van der Waals surface area contributed by atoms with Gasteiger partial charge in [0.1, 0.15) is 12.3 Å². The molecule has 0 saturated carbocycles. The van der Waals surface area contributed by atoms with Crippen LogP contribution in [-0.2, 0) is 22.7 Å². The number of ether oxygens (including phenoxy) is 2. The maximum Gasteiger partial charge on any atom is 0.330 e. The van der Waals surface area contributed by atoms with Gasteiger partial charge in [-0.2, -0.15) is 0 Å². The van der Waals surface area contributed by atoms with Crippen LogP contribution in [0.2, 0.25) is 0 Å². The predicted octanol–water partition coefficient (Wildman–Crippen LogP) is 1.56. The number of rotatable bonds is 7. The zero-order chi connectivity index (χ0) is 21.8. The second kappa shape index (κ2) is 9.40. The molecule has 1 aromatic heterocycles. The lowest BCUT2D eigenvalue weighted by molar-refractivity contribution is -0.0461. The normalized spacial score (nSPS) is 20.8. The van der Waals surface area contributed by atoms with Gasteiger partial charge >= 0.3 is 5.69 Å². The number of aromatic amines is 1. The van der Waals surface area contributed by atoms with Gasteiger partial charge in [0, 0.05) is 12.6 Å². The molecule has 0 aliphatic carbocycles. The van der Waals surface area contributed by atoms with Crippen LogP contribution in [0.25, 0.3) is 11.1 Å². The highest BCUT2D eigenvalue weighted by atomic mass is 16.5. The van der Waals surface area contributed by atoms with E-state index in [-0.39, 0.29) is 31.8 Å². The van der Waals surface area contributed by atoms with E-state index in [1.54, 1.807) is 0 Å². The Hall–Kier alpha value is -3.04. The Bertz CT molecular complexity index is 1140. The lowest BCUT2D eigenvalue weighted by atomic mass is 10.0. The summed E-state index contributed by atoms with van der Waals surface area (Å²) in [5, 5.41) is 19.2. The molecule has 3 N–H and O–H groups in total. The molecule has 1 saturated heterocycles. The van der Waals surface area contributed by atoms with E-state index in [0.29, 0.717) is 0 Å². The molecular weight excluding hydrogens is 400 g/mol. The molecule has 0 radical (unpaired) electrons. The Kier molecular flexibility index (Phi) is 6.43. The second-order valence-electron chi connectivity index (χ2n) is 7.45. The molecule has 8 heteroatoms. The standard InChI is InChI=1S/C23H24N2O6/c26-12-20-19(27)10-21(31-20)25-11-17(22(28)24-23(25)29)14-30-13-16-8-4-5-9-18(16)15-6-2-1-3-7-15/h1-9,11,19-21,26-27H,10,12-14H2,(H,24,28,29)/t19?,20-,21-/m0/s1. The van der Waals surface area contributed by atoms with Crippen LogP contribution in [0.5, 0.6) is 0 Å². The van der Waals surface area contributed by atoms with Crippen molar-refractivity contribution in [3.63, 3.8) is 0 Å². The van der Waals surface area contributed by atoms with Crippen LogP contribution in [0, 0.1) is 0 Å². The van der Waals surface area contributed by atoms with Crippen LogP contribution in [0.4, 0.5) is 0 Å². The Labute approximate surface area is 178 Å². The fourth-order valence-electron chi connectivity index (χ4n) is 3.71. The van der Waals surface area contributed by atoms with Crippen molar-refractivity contribution >= 4 is 0 Å². The topological polar surface area (TPSA) is 114 Å². The molecule has 0 bridgehead atoms. The molecule has 2 aromatic carbocycles. The summed E-state index contributed by atoms with van der Waals surface area (Å²) in [7, 11) is 0. The van der Waals surface area contributed by atoms with E-state index < -0.39 is 29.7 Å². The van der Waals surface area contributed by atoms with Crippen molar-refractivity contribution in [2.24, 2.45) is 0 Å². The Balaban J connectivity index is 1.49. The summed E-state index contributed by atoms with van der Waals surface area (Å²) in [5.74, 6) is 0. The van der Waals surface area contributed by atoms with Crippen LogP contribution in [0.1, 0.15) is 23.8 Å². The molecule has 31 heavy (non-hydrogen) atoms. The highest BCUT2D eigenvalue weighted by molar-refractivity contribution is 5.67. The minimum atomic E-state index is -0.886. The van der Waals surface area contributed by atoms with Crippen molar-refractivity contribution in [3.8, 4) is 11.1 Å². The smallest absolute Gasteiger partial charge is 0.330 e. The third kappa shape index (κ3) is 4.67. The van der Waals surface area contributed by atoms with Crippen LogP contribution >= 0.6 is 0 Å². The first-order valence-corrected chi connectivity index (χ1v) is 10.1. The van der Waals surface area contributed by atoms with Gasteiger partial charge in [0.2, 0.25) is 0 Å². The summed E-state index contributed by atoms with van der Waals surface area (Å²) in [5.41, 5.74) is 2.19. The Morgan fingerprint density at radius 2 is 1.74 bits per heavy atom. The van der Waals surface area contributed by atoms with Crippen LogP contribution in [-0.4, -0.2) is 38.6 Å². The van der Waals surface area contributed by atoms with E-state index in [1.165, 1.54) is 10.8 Å². The van der Waals surface area contributed by atoms with Gasteiger partial charge in [-0.25, -0.2) is 4.79 Å². The number of aliphatic hydroxyl groups is 2. The molecule has 3 aromatic rings. The van der Waals surface area contributed by atoms with Gasteiger partial charge < -0.3 is 19.7 Å². The van der Waals surface area contributed by atoms with E-state index >= 15 is 0 Å². The first-order chi connectivity index (χ1) is 15.1. The van der Waals surface area contributed by atoms with Gasteiger partial charge in [-0.3, -0.25) is 14.3 Å². The van der Waals surface area contributed by atoms with Crippen molar-refractivity contribution in [1.82, 2.24) is 9.55 Å². The number of hydrogen-bond donors (Lipinski definition) is 3. The summed E-state index contributed by atoms with van der Waals surface area (Å²) in [4.78, 5) is 26.7. The fourth-order valence-corrected chi connectivity index (χ4v) is 3.71. The summed E-state index contributed by atoms with van der Waals surface area (Å²) in [6.07, 6.45) is -0.890. The average molecular weight is 424 g/mol. The molecule has 3 atom stereocenters. The number of H-pyrrole nitrogens is 1. The van der Waals surface area contributed by atoms with Gasteiger partial charge in [0.15, 0.2) is 0 Å². The molecule has 8 nitrogen and oxygen atoms in total. The van der Waals surface area contributed by atoms with Gasteiger partial charge in [-0.05, 0) is 16.7 Å². The second-order valence-corrected chi connectivity index (χ2v) is 7.45. The molecule has 2 heterocycles. The van der Waals surface area contributed by atoms with E-state index in [9.17, 15) is 19.8 Å². The zero-order valence-electron chi connectivity index (χ0n) is 16.8. The van der Waals surface area contributed by atoms with Crippen LogP contribution < -0.4 is 11.2 Å². The van der Waals surface area contributed by atoms with Crippen LogP contribution in [0.15, 0.2) is 70.4 Å². The molecule has 1 aliphatic heterocycles. The largest absolute Gasteiger partial charge is 0.394 e.